The molecule has 0 unspecified atom stereocenters. The quantitative estimate of drug-likeness (QED) is 0.597. The van der Waals surface area contributed by atoms with Crippen LogP contribution in [0.25, 0.3) is 6.08 Å². The van der Waals surface area contributed by atoms with Crippen LogP contribution >= 0.6 is 0 Å². The van der Waals surface area contributed by atoms with Gasteiger partial charge in [0.25, 0.3) is 0 Å². The first kappa shape index (κ1) is 6.17. The van der Waals surface area contributed by atoms with Crippen molar-refractivity contribution in [3.8, 4) is 6.07 Å². The molecule has 1 aromatic heterocycles. The van der Waals surface area contributed by atoms with Crippen molar-refractivity contribution in [1.82, 2.24) is 10.2 Å². The normalized spacial score (nSPS) is 14.1. The third kappa shape index (κ3) is 0.838. The van der Waals surface area contributed by atoms with Gasteiger partial charge in [0.15, 0.2) is 5.69 Å². The minimum atomic E-state index is 0.546. The van der Waals surface area contributed by atoms with Crippen molar-refractivity contribution in [3.63, 3.8) is 0 Å². The van der Waals surface area contributed by atoms with Gasteiger partial charge in [0.05, 0.1) is 5.69 Å². The van der Waals surface area contributed by atoms with Gasteiger partial charge in [-0.15, -0.1) is 0 Å². The van der Waals surface area contributed by atoms with Gasteiger partial charge in [-0.3, -0.25) is 5.10 Å². The fourth-order valence-electron chi connectivity index (χ4n) is 1.29. The maximum absolute atomic E-state index is 8.63. The summed E-state index contributed by atoms with van der Waals surface area (Å²) in [5.74, 6) is 0. The third-order valence-corrected chi connectivity index (χ3v) is 1.85. The molecule has 54 valence electrons. The number of nitriles is 1. The van der Waals surface area contributed by atoms with Crippen LogP contribution in [0.15, 0.2) is 6.08 Å². The molecule has 0 saturated heterocycles. The van der Waals surface area contributed by atoms with E-state index < -0.39 is 0 Å². The zero-order valence-electron chi connectivity index (χ0n) is 5.96. The van der Waals surface area contributed by atoms with Crippen molar-refractivity contribution >= 4 is 6.08 Å². The molecule has 1 aromatic rings. The van der Waals surface area contributed by atoms with Crippen molar-refractivity contribution in [2.75, 3.05) is 0 Å². The second-order valence-corrected chi connectivity index (χ2v) is 2.52. The highest BCUT2D eigenvalue weighted by Crippen LogP contribution is 2.18. The molecule has 1 aliphatic rings. The van der Waals surface area contributed by atoms with Crippen LogP contribution in [0.3, 0.4) is 0 Å². The number of nitrogens with one attached hydrogen (secondary N) is 1. The second-order valence-electron chi connectivity index (χ2n) is 2.52. The lowest BCUT2D eigenvalue weighted by molar-refractivity contribution is 0.981. The van der Waals surface area contributed by atoms with Crippen LogP contribution in [0.5, 0.6) is 0 Å². The van der Waals surface area contributed by atoms with E-state index in [0.29, 0.717) is 5.69 Å². The fourth-order valence-corrected chi connectivity index (χ4v) is 1.29. The molecule has 0 amide bonds. The first-order valence-electron chi connectivity index (χ1n) is 3.55. The summed E-state index contributed by atoms with van der Waals surface area (Å²) in [5.41, 5.74) is 2.60. The molecule has 1 heterocycles. The molecule has 0 aromatic carbocycles. The van der Waals surface area contributed by atoms with E-state index in [2.05, 4.69) is 22.3 Å². The van der Waals surface area contributed by atoms with Crippen LogP contribution in [-0.2, 0) is 6.42 Å². The van der Waals surface area contributed by atoms with Crippen LogP contribution in [-0.4, -0.2) is 10.2 Å². The summed E-state index contributed by atoms with van der Waals surface area (Å²) in [6.07, 6.45) is 6.01. The fraction of sp³-hybridized carbons (Fsp3) is 0.250. The SMILES string of the molecule is N#Cc1n[nH]c2c1CCC=C2. The summed E-state index contributed by atoms with van der Waals surface area (Å²) in [6, 6.07) is 2.06. The van der Waals surface area contributed by atoms with Gasteiger partial charge in [-0.05, 0) is 18.9 Å². The summed E-state index contributed by atoms with van der Waals surface area (Å²) in [4.78, 5) is 0. The van der Waals surface area contributed by atoms with E-state index in [1.807, 2.05) is 6.08 Å². The first-order valence-corrected chi connectivity index (χ1v) is 3.55. The van der Waals surface area contributed by atoms with Crippen LogP contribution < -0.4 is 0 Å². The molecule has 0 atom stereocenters. The average molecular weight is 145 g/mol. The third-order valence-electron chi connectivity index (χ3n) is 1.85. The van der Waals surface area contributed by atoms with Gasteiger partial charge in [0.1, 0.15) is 6.07 Å². The number of aromatic amines is 1. The number of fused-ring (bicyclic) bond motifs is 1. The van der Waals surface area contributed by atoms with Crippen LogP contribution in [0.4, 0.5) is 0 Å². The Morgan fingerprint density at radius 3 is 3.36 bits per heavy atom. The van der Waals surface area contributed by atoms with Gasteiger partial charge in [-0.25, -0.2) is 0 Å². The number of H-pyrrole nitrogens is 1. The molecule has 0 spiro atoms. The summed E-state index contributed by atoms with van der Waals surface area (Å²) in [6.45, 7) is 0. The highest BCUT2D eigenvalue weighted by molar-refractivity contribution is 5.55. The Morgan fingerprint density at radius 1 is 1.64 bits per heavy atom. The predicted molar refractivity (Wildman–Crippen MR) is 40.7 cm³/mol. The lowest BCUT2D eigenvalue weighted by atomic mass is 10.0. The van der Waals surface area contributed by atoms with Crippen molar-refractivity contribution in [3.05, 3.63) is 23.0 Å². The van der Waals surface area contributed by atoms with Crippen molar-refractivity contribution in [1.29, 1.82) is 5.26 Å². The van der Waals surface area contributed by atoms with E-state index in [0.717, 1.165) is 24.1 Å². The summed E-state index contributed by atoms with van der Waals surface area (Å²) >= 11 is 0. The predicted octanol–water partition coefficient (Wildman–Crippen LogP) is 1.24. The van der Waals surface area contributed by atoms with Gasteiger partial charge in [-0.2, -0.15) is 10.4 Å². The van der Waals surface area contributed by atoms with E-state index in [1.165, 1.54) is 0 Å². The summed E-state index contributed by atoms with van der Waals surface area (Å²) in [7, 11) is 0. The number of hydrogen-bond donors (Lipinski definition) is 1. The van der Waals surface area contributed by atoms with Crippen molar-refractivity contribution in [2.45, 2.75) is 12.8 Å². The number of aromatic nitrogens is 2. The molecule has 3 heteroatoms. The standard InChI is InChI=1S/C8H7N3/c9-5-8-6-3-1-2-4-7(6)10-11-8/h2,4H,1,3H2,(H,10,11). The average Bonchev–Trinajstić information content (AvgIpc) is 2.47. The molecule has 1 aliphatic carbocycles. The number of rotatable bonds is 0. The van der Waals surface area contributed by atoms with Crippen molar-refractivity contribution in [2.24, 2.45) is 0 Å². The monoisotopic (exact) mass is 145 g/mol. The minimum absolute atomic E-state index is 0.546. The molecule has 1 N–H and O–H groups in total. The Morgan fingerprint density at radius 2 is 2.55 bits per heavy atom. The molecule has 0 fully saturated rings. The maximum Gasteiger partial charge on any atom is 0.166 e. The Balaban J connectivity index is 2.58. The number of nitrogens with zero attached hydrogens (tertiary/aromatic N) is 2. The Kier molecular flexibility index (Phi) is 1.26. The number of hydrogen-bond acceptors (Lipinski definition) is 2. The highest BCUT2D eigenvalue weighted by Gasteiger charge is 2.11. The van der Waals surface area contributed by atoms with E-state index in [1.54, 1.807) is 0 Å². The van der Waals surface area contributed by atoms with E-state index in [9.17, 15) is 0 Å². The van der Waals surface area contributed by atoms with E-state index >= 15 is 0 Å². The largest absolute Gasteiger partial charge is 0.277 e. The van der Waals surface area contributed by atoms with Gasteiger partial charge in [-0.1, -0.05) is 6.08 Å². The Labute approximate surface area is 64.4 Å². The molecule has 0 saturated carbocycles. The molecule has 11 heavy (non-hydrogen) atoms. The maximum atomic E-state index is 8.63. The Hall–Kier alpha value is -1.56. The van der Waals surface area contributed by atoms with Crippen LogP contribution in [0.1, 0.15) is 23.4 Å². The molecule has 2 rings (SSSR count). The Bertz CT molecular complexity index is 341. The highest BCUT2D eigenvalue weighted by atomic mass is 15.1. The molecule has 0 radical (unpaired) electrons. The lowest BCUT2D eigenvalue weighted by Gasteiger charge is -2.01. The van der Waals surface area contributed by atoms with E-state index in [4.69, 9.17) is 5.26 Å². The number of allylic oxidation sites excluding steroid dienone is 1. The van der Waals surface area contributed by atoms with Gasteiger partial charge >= 0.3 is 0 Å². The molecular formula is C8H7N3. The van der Waals surface area contributed by atoms with Gasteiger partial charge in [0, 0.05) is 5.56 Å². The molecular weight excluding hydrogens is 138 g/mol. The van der Waals surface area contributed by atoms with Crippen LogP contribution in [0, 0.1) is 11.3 Å². The lowest BCUT2D eigenvalue weighted by Crippen LogP contribution is -1.92. The van der Waals surface area contributed by atoms with Gasteiger partial charge in [0.2, 0.25) is 0 Å². The zero-order valence-corrected chi connectivity index (χ0v) is 5.96. The molecule has 3 nitrogen and oxygen atoms in total. The first-order chi connectivity index (χ1) is 5.42. The van der Waals surface area contributed by atoms with E-state index in [-0.39, 0.29) is 0 Å². The zero-order chi connectivity index (χ0) is 7.68. The minimum Gasteiger partial charge on any atom is -0.277 e. The molecule has 0 aliphatic heterocycles. The summed E-state index contributed by atoms with van der Waals surface area (Å²) < 4.78 is 0. The summed E-state index contributed by atoms with van der Waals surface area (Å²) in [5, 5.41) is 15.3. The second kappa shape index (κ2) is 2.24. The smallest absolute Gasteiger partial charge is 0.166 e. The van der Waals surface area contributed by atoms with Crippen LogP contribution in [0.2, 0.25) is 0 Å². The van der Waals surface area contributed by atoms with Crippen molar-refractivity contribution < 1.29 is 0 Å². The molecule has 0 bridgehead atoms. The topological polar surface area (TPSA) is 52.5 Å². The van der Waals surface area contributed by atoms with Gasteiger partial charge < -0.3 is 0 Å².